The number of hydrogen-bond donors (Lipinski definition) is 1. The summed E-state index contributed by atoms with van der Waals surface area (Å²) in [5, 5.41) is 12.8. The number of pyridine rings is 1. The molecule has 2 atom stereocenters. The SMILES string of the molecule is CCc1ccsc1C(O)C1CCCc2cccnc21. The second-order valence-electron chi connectivity index (χ2n) is 5.15. The predicted molar refractivity (Wildman–Crippen MR) is 78.6 cm³/mol. The third kappa shape index (κ3) is 2.33. The first-order chi connectivity index (χ1) is 9.31. The molecule has 0 saturated carbocycles. The monoisotopic (exact) mass is 273 g/mol. The van der Waals surface area contributed by atoms with E-state index in [2.05, 4.69) is 29.4 Å². The minimum absolute atomic E-state index is 0.161. The Morgan fingerprint density at radius 3 is 3.21 bits per heavy atom. The van der Waals surface area contributed by atoms with Crippen molar-refractivity contribution in [3.63, 3.8) is 0 Å². The fourth-order valence-corrected chi connectivity index (χ4v) is 4.08. The van der Waals surface area contributed by atoms with Crippen LogP contribution in [0.3, 0.4) is 0 Å². The second kappa shape index (κ2) is 5.43. The molecule has 2 heterocycles. The number of thiophene rings is 1. The fourth-order valence-electron chi connectivity index (χ4n) is 3.03. The molecule has 1 aliphatic carbocycles. The van der Waals surface area contributed by atoms with Gasteiger partial charge in [0.25, 0.3) is 0 Å². The van der Waals surface area contributed by atoms with Crippen molar-refractivity contribution in [1.82, 2.24) is 4.98 Å². The summed E-state index contributed by atoms with van der Waals surface area (Å²) in [6.45, 7) is 2.14. The predicted octanol–water partition coefficient (Wildman–Crippen LogP) is 3.86. The van der Waals surface area contributed by atoms with Crippen molar-refractivity contribution in [2.45, 2.75) is 44.6 Å². The van der Waals surface area contributed by atoms with Crippen LogP contribution in [0.2, 0.25) is 0 Å². The molecule has 100 valence electrons. The fraction of sp³-hybridized carbons (Fsp3) is 0.438. The molecule has 0 aromatic carbocycles. The maximum absolute atomic E-state index is 10.8. The van der Waals surface area contributed by atoms with E-state index in [1.807, 2.05) is 12.3 Å². The van der Waals surface area contributed by atoms with Gasteiger partial charge in [0.1, 0.15) is 0 Å². The molecule has 2 aromatic rings. The summed E-state index contributed by atoms with van der Waals surface area (Å²) in [5.74, 6) is 0.161. The summed E-state index contributed by atoms with van der Waals surface area (Å²) in [6.07, 6.45) is 5.71. The lowest BCUT2D eigenvalue weighted by Gasteiger charge is -2.28. The smallest absolute Gasteiger partial charge is 0.0968 e. The molecule has 2 aromatic heterocycles. The van der Waals surface area contributed by atoms with Gasteiger partial charge < -0.3 is 5.11 Å². The van der Waals surface area contributed by atoms with Crippen LogP contribution >= 0.6 is 11.3 Å². The topological polar surface area (TPSA) is 33.1 Å². The molecule has 19 heavy (non-hydrogen) atoms. The minimum atomic E-state index is -0.399. The number of hydrogen-bond acceptors (Lipinski definition) is 3. The maximum Gasteiger partial charge on any atom is 0.0968 e. The first-order valence-corrected chi connectivity index (χ1v) is 7.87. The molecule has 0 saturated heterocycles. The number of aliphatic hydroxyl groups excluding tert-OH is 1. The normalized spacial score (nSPS) is 20.0. The van der Waals surface area contributed by atoms with Crippen molar-refractivity contribution in [2.75, 3.05) is 0 Å². The standard InChI is InChI=1S/C16H19NOS/c1-2-11-8-10-19-16(11)15(18)13-7-3-5-12-6-4-9-17-14(12)13/h4,6,8-10,13,15,18H,2-3,5,7H2,1H3. The van der Waals surface area contributed by atoms with Crippen molar-refractivity contribution >= 4 is 11.3 Å². The number of aryl methyl sites for hydroxylation is 2. The molecule has 2 nitrogen and oxygen atoms in total. The number of nitrogens with zero attached hydrogens (tertiary/aromatic N) is 1. The van der Waals surface area contributed by atoms with Crippen LogP contribution in [0.4, 0.5) is 0 Å². The van der Waals surface area contributed by atoms with Gasteiger partial charge in [-0.3, -0.25) is 4.98 Å². The average molecular weight is 273 g/mol. The third-order valence-electron chi connectivity index (χ3n) is 4.05. The molecule has 3 heteroatoms. The van der Waals surface area contributed by atoms with Crippen LogP contribution in [0.1, 0.15) is 53.5 Å². The minimum Gasteiger partial charge on any atom is -0.387 e. The van der Waals surface area contributed by atoms with Crippen LogP contribution in [0.15, 0.2) is 29.8 Å². The first kappa shape index (κ1) is 12.8. The molecule has 2 unspecified atom stereocenters. The van der Waals surface area contributed by atoms with Crippen LogP contribution in [0.25, 0.3) is 0 Å². The van der Waals surface area contributed by atoms with E-state index in [1.165, 1.54) is 11.1 Å². The lowest BCUT2D eigenvalue weighted by molar-refractivity contribution is 0.136. The molecule has 0 fully saturated rings. The first-order valence-electron chi connectivity index (χ1n) is 6.99. The van der Waals surface area contributed by atoms with Crippen molar-refractivity contribution in [1.29, 1.82) is 0 Å². The Labute approximate surface area is 118 Å². The molecule has 3 rings (SSSR count). The number of aliphatic hydroxyl groups is 1. The van der Waals surface area contributed by atoms with Gasteiger partial charge in [0.05, 0.1) is 6.10 Å². The Kier molecular flexibility index (Phi) is 3.67. The molecular weight excluding hydrogens is 254 g/mol. The van der Waals surface area contributed by atoms with Gasteiger partial charge >= 0.3 is 0 Å². The highest BCUT2D eigenvalue weighted by atomic mass is 32.1. The van der Waals surface area contributed by atoms with Gasteiger partial charge in [-0.1, -0.05) is 13.0 Å². The van der Waals surface area contributed by atoms with E-state index in [-0.39, 0.29) is 5.92 Å². The van der Waals surface area contributed by atoms with Gasteiger partial charge in [0.2, 0.25) is 0 Å². The van der Waals surface area contributed by atoms with Crippen molar-refractivity contribution in [3.8, 4) is 0 Å². The van der Waals surface area contributed by atoms with Crippen LogP contribution in [-0.4, -0.2) is 10.1 Å². The summed E-state index contributed by atoms with van der Waals surface area (Å²) in [7, 11) is 0. The Hall–Kier alpha value is -1.19. The van der Waals surface area contributed by atoms with Crippen LogP contribution in [0, 0.1) is 0 Å². The Balaban J connectivity index is 1.95. The van der Waals surface area contributed by atoms with Gasteiger partial charge in [-0.25, -0.2) is 0 Å². The van der Waals surface area contributed by atoms with Crippen molar-refractivity contribution < 1.29 is 5.11 Å². The van der Waals surface area contributed by atoms with E-state index in [0.29, 0.717) is 0 Å². The van der Waals surface area contributed by atoms with Crippen LogP contribution < -0.4 is 0 Å². The van der Waals surface area contributed by atoms with E-state index < -0.39 is 6.10 Å². The number of rotatable bonds is 3. The highest BCUT2D eigenvalue weighted by molar-refractivity contribution is 7.10. The zero-order chi connectivity index (χ0) is 13.2. The maximum atomic E-state index is 10.8. The van der Waals surface area contributed by atoms with Gasteiger partial charge in [0.15, 0.2) is 0 Å². The summed E-state index contributed by atoms with van der Waals surface area (Å²) in [4.78, 5) is 5.66. The average Bonchev–Trinajstić information content (AvgIpc) is 2.94. The number of fused-ring (bicyclic) bond motifs is 1. The molecule has 1 aliphatic rings. The molecule has 0 radical (unpaired) electrons. The quantitative estimate of drug-likeness (QED) is 0.921. The summed E-state index contributed by atoms with van der Waals surface area (Å²) >= 11 is 1.67. The zero-order valence-corrected chi connectivity index (χ0v) is 12.0. The third-order valence-corrected chi connectivity index (χ3v) is 5.08. The second-order valence-corrected chi connectivity index (χ2v) is 6.10. The molecule has 1 N–H and O–H groups in total. The van der Waals surface area contributed by atoms with E-state index in [4.69, 9.17) is 0 Å². The Bertz CT molecular complexity index is 563. The summed E-state index contributed by atoms with van der Waals surface area (Å²) in [6, 6.07) is 6.28. The van der Waals surface area contributed by atoms with E-state index in [0.717, 1.165) is 36.3 Å². The van der Waals surface area contributed by atoms with Gasteiger partial charge in [0, 0.05) is 22.7 Å². The van der Waals surface area contributed by atoms with Gasteiger partial charge in [-0.15, -0.1) is 11.3 Å². The van der Waals surface area contributed by atoms with Crippen molar-refractivity contribution in [2.24, 2.45) is 0 Å². The van der Waals surface area contributed by atoms with E-state index in [1.54, 1.807) is 11.3 Å². The molecule has 0 amide bonds. The Morgan fingerprint density at radius 2 is 2.37 bits per heavy atom. The lowest BCUT2D eigenvalue weighted by atomic mass is 9.82. The molecule has 0 bridgehead atoms. The Morgan fingerprint density at radius 1 is 1.47 bits per heavy atom. The zero-order valence-electron chi connectivity index (χ0n) is 11.2. The van der Waals surface area contributed by atoms with Gasteiger partial charge in [-0.2, -0.15) is 0 Å². The highest BCUT2D eigenvalue weighted by Crippen LogP contribution is 2.41. The molecular formula is C16H19NOS. The molecule has 0 aliphatic heterocycles. The largest absolute Gasteiger partial charge is 0.387 e. The van der Waals surface area contributed by atoms with Crippen LogP contribution in [-0.2, 0) is 12.8 Å². The molecule has 0 spiro atoms. The van der Waals surface area contributed by atoms with Gasteiger partial charge in [-0.05, 0) is 54.3 Å². The highest BCUT2D eigenvalue weighted by Gasteiger charge is 2.30. The van der Waals surface area contributed by atoms with Crippen LogP contribution in [0.5, 0.6) is 0 Å². The van der Waals surface area contributed by atoms with Crippen molar-refractivity contribution in [3.05, 3.63) is 51.5 Å². The number of aromatic nitrogens is 1. The lowest BCUT2D eigenvalue weighted by Crippen LogP contribution is -2.18. The van der Waals surface area contributed by atoms with E-state index in [9.17, 15) is 5.11 Å². The summed E-state index contributed by atoms with van der Waals surface area (Å²) < 4.78 is 0. The summed E-state index contributed by atoms with van der Waals surface area (Å²) in [5.41, 5.74) is 3.70. The van der Waals surface area contributed by atoms with E-state index >= 15 is 0 Å².